The molecule has 1 saturated heterocycles. The molecule has 12 nitrogen and oxygen atoms in total. The van der Waals surface area contributed by atoms with Gasteiger partial charge in [-0.05, 0) is 82.2 Å². The summed E-state index contributed by atoms with van der Waals surface area (Å²) in [7, 11) is -2.62. The second-order valence-electron chi connectivity index (χ2n) is 12.8. The molecule has 2 heterocycles. The number of hydrogen-bond acceptors (Lipinski definition) is 8. The van der Waals surface area contributed by atoms with E-state index in [2.05, 4.69) is 16.6 Å². The van der Waals surface area contributed by atoms with Crippen molar-refractivity contribution >= 4 is 32.9 Å². The standard InChI is InChI=1S/C32H41FN6O6S/c1-7-37(6)46(42,43)36-27-12-10-25(33)28(24(27)20-34)44-22-9-11-26-23(19-22)29(40)39(21-35-26)16-8-13-32(5)14-17-38(18-15-32)30(41)45-31(2,3)4/h9-12,19,21,36H,7-8,13-18H2,1-6H3. The second-order valence-corrected chi connectivity index (χ2v) is 14.6. The van der Waals surface area contributed by atoms with Crippen LogP contribution in [0.4, 0.5) is 14.9 Å². The molecule has 1 N–H and O–H groups in total. The molecule has 0 atom stereocenters. The summed E-state index contributed by atoms with van der Waals surface area (Å²) >= 11 is 0. The summed E-state index contributed by atoms with van der Waals surface area (Å²) in [5.41, 5.74) is -0.896. The Balaban J connectivity index is 1.47. The fourth-order valence-corrected chi connectivity index (χ4v) is 6.14. The zero-order valence-corrected chi connectivity index (χ0v) is 27.9. The molecular formula is C32H41FN6O6S. The van der Waals surface area contributed by atoms with Gasteiger partial charge in [-0.25, -0.2) is 14.2 Å². The van der Waals surface area contributed by atoms with Crippen molar-refractivity contribution < 1.29 is 27.1 Å². The van der Waals surface area contributed by atoms with Crippen LogP contribution in [0.3, 0.4) is 0 Å². The number of carbonyl (C=O) groups excluding carboxylic acids is 1. The van der Waals surface area contributed by atoms with E-state index in [9.17, 15) is 27.7 Å². The van der Waals surface area contributed by atoms with Crippen LogP contribution in [-0.4, -0.2) is 65.6 Å². The topological polar surface area (TPSA) is 147 Å². The van der Waals surface area contributed by atoms with E-state index in [-0.39, 0.29) is 46.0 Å². The number of fused-ring (bicyclic) bond motifs is 1. The Labute approximate surface area is 268 Å². The number of nitrogens with zero attached hydrogens (tertiary/aromatic N) is 5. The first-order valence-electron chi connectivity index (χ1n) is 15.2. The van der Waals surface area contributed by atoms with E-state index in [0.29, 0.717) is 25.2 Å². The van der Waals surface area contributed by atoms with Crippen LogP contribution in [-0.2, 0) is 21.5 Å². The number of anilines is 1. The van der Waals surface area contributed by atoms with Crippen molar-refractivity contribution in [2.45, 2.75) is 72.4 Å². The number of benzene rings is 2. The lowest BCUT2D eigenvalue weighted by Gasteiger charge is -2.40. The van der Waals surface area contributed by atoms with E-state index in [1.54, 1.807) is 17.9 Å². The summed E-state index contributed by atoms with van der Waals surface area (Å²) in [5, 5.41) is 10.0. The number of rotatable bonds is 10. The number of piperidine rings is 1. The minimum atomic E-state index is -3.99. The molecular weight excluding hydrogens is 615 g/mol. The highest BCUT2D eigenvalue weighted by Gasteiger charge is 2.33. The lowest BCUT2D eigenvalue weighted by atomic mass is 9.77. The fraction of sp³-hybridized carbons (Fsp3) is 0.500. The SMILES string of the molecule is CCN(C)S(=O)(=O)Nc1ccc(F)c(Oc2ccc3ncn(CCCC4(C)CCN(C(=O)OC(C)(C)C)CC4)c(=O)c3c2)c1C#N. The summed E-state index contributed by atoms with van der Waals surface area (Å²) in [6, 6.07) is 8.44. The molecule has 0 unspecified atom stereocenters. The highest BCUT2D eigenvalue weighted by atomic mass is 32.2. The summed E-state index contributed by atoms with van der Waals surface area (Å²) in [4.78, 5) is 32.0. The summed E-state index contributed by atoms with van der Waals surface area (Å²) in [6.07, 6.45) is 4.44. The van der Waals surface area contributed by atoms with Crippen LogP contribution in [0.2, 0.25) is 0 Å². The van der Waals surface area contributed by atoms with Crippen molar-refractivity contribution in [2.24, 2.45) is 5.41 Å². The highest BCUT2D eigenvalue weighted by molar-refractivity contribution is 7.90. The molecule has 1 aromatic heterocycles. The first kappa shape index (κ1) is 34.6. The quantitative estimate of drug-likeness (QED) is 0.296. The number of likely N-dealkylation sites (tertiary alicyclic amines) is 1. The normalized spacial score (nSPS) is 15.1. The monoisotopic (exact) mass is 656 g/mol. The molecule has 46 heavy (non-hydrogen) atoms. The highest BCUT2D eigenvalue weighted by Crippen LogP contribution is 2.37. The molecule has 0 radical (unpaired) electrons. The Kier molecular flexibility index (Phi) is 10.3. The van der Waals surface area contributed by atoms with E-state index in [4.69, 9.17) is 9.47 Å². The Morgan fingerprint density at radius 1 is 1.22 bits per heavy atom. The molecule has 0 saturated carbocycles. The second kappa shape index (κ2) is 13.6. The van der Waals surface area contributed by atoms with Gasteiger partial charge in [0.2, 0.25) is 0 Å². The van der Waals surface area contributed by atoms with Crippen LogP contribution >= 0.6 is 0 Å². The third-order valence-electron chi connectivity index (χ3n) is 8.13. The number of aryl methyl sites for hydroxylation is 1. The molecule has 0 bridgehead atoms. The lowest BCUT2D eigenvalue weighted by molar-refractivity contribution is 0.0107. The number of amides is 1. The lowest BCUT2D eigenvalue weighted by Crippen LogP contribution is -2.44. The summed E-state index contributed by atoms with van der Waals surface area (Å²) < 4.78 is 56.1. The van der Waals surface area contributed by atoms with E-state index in [0.717, 1.165) is 42.1 Å². The summed E-state index contributed by atoms with van der Waals surface area (Å²) in [6.45, 7) is 11.2. The van der Waals surface area contributed by atoms with Crippen molar-refractivity contribution in [3.05, 3.63) is 58.4 Å². The molecule has 0 aliphatic carbocycles. The molecule has 1 fully saturated rings. The molecule has 1 aliphatic heterocycles. The van der Waals surface area contributed by atoms with E-state index in [1.807, 2.05) is 26.8 Å². The van der Waals surface area contributed by atoms with Gasteiger partial charge in [0.25, 0.3) is 5.56 Å². The fourth-order valence-electron chi connectivity index (χ4n) is 5.20. The zero-order valence-electron chi connectivity index (χ0n) is 27.1. The maximum atomic E-state index is 14.9. The number of aromatic nitrogens is 2. The van der Waals surface area contributed by atoms with Crippen LogP contribution in [0.15, 0.2) is 41.5 Å². The zero-order chi connectivity index (χ0) is 33.9. The number of halogens is 1. The van der Waals surface area contributed by atoms with Gasteiger partial charge in [-0.2, -0.15) is 18.0 Å². The predicted molar refractivity (Wildman–Crippen MR) is 172 cm³/mol. The smallest absolute Gasteiger partial charge is 0.410 e. The average molecular weight is 657 g/mol. The number of nitrogens with one attached hydrogen (secondary N) is 1. The number of hydrogen-bond donors (Lipinski definition) is 1. The minimum Gasteiger partial charge on any atom is -0.453 e. The largest absolute Gasteiger partial charge is 0.453 e. The van der Waals surface area contributed by atoms with Gasteiger partial charge in [0.1, 0.15) is 23.0 Å². The number of ether oxygens (including phenoxy) is 2. The molecule has 248 valence electrons. The predicted octanol–water partition coefficient (Wildman–Crippen LogP) is 5.63. The van der Waals surface area contributed by atoms with Crippen molar-refractivity contribution in [1.29, 1.82) is 5.26 Å². The Morgan fingerprint density at radius 2 is 1.91 bits per heavy atom. The van der Waals surface area contributed by atoms with Gasteiger partial charge in [0, 0.05) is 33.2 Å². The average Bonchev–Trinajstić information content (AvgIpc) is 2.99. The maximum absolute atomic E-state index is 14.9. The number of carbonyl (C=O) groups is 1. The van der Waals surface area contributed by atoms with Crippen LogP contribution in [0.5, 0.6) is 11.5 Å². The molecule has 14 heteroatoms. The first-order chi connectivity index (χ1) is 21.6. The Bertz CT molecular complexity index is 1810. The molecule has 4 rings (SSSR count). The third kappa shape index (κ3) is 8.13. The van der Waals surface area contributed by atoms with Crippen LogP contribution in [0.25, 0.3) is 10.9 Å². The minimum absolute atomic E-state index is 0.0185. The molecule has 0 spiro atoms. The molecule has 3 aromatic rings. The first-order valence-corrected chi connectivity index (χ1v) is 16.6. The van der Waals surface area contributed by atoms with Gasteiger partial charge in [-0.15, -0.1) is 0 Å². The molecule has 1 aliphatic rings. The van der Waals surface area contributed by atoms with Crippen molar-refractivity contribution in [2.75, 3.05) is 31.4 Å². The van der Waals surface area contributed by atoms with Crippen LogP contribution in [0, 0.1) is 22.6 Å². The van der Waals surface area contributed by atoms with Gasteiger partial charge in [0.15, 0.2) is 11.6 Å². The van der Waals surface area contributed by atoms with Gasteiger partial charge in [-0.1, -0.05) is 13.8 Å². The van der Waals surface area contributed by atoms with Gasteiger partial charge in [-0.3, -0.25) is 14.1 Å². The van der Waals surface area contributed by atoms with Crippen LogP contribution < -0.4 is 15.0 Å². The van der Waals surface area contributed by atoms with Crippen molar-refractivity contribution in [3.63, 3.8) is 0 Å². The summed E-state index contributed by atoms with van der Waals surface area (Å²) in [5.74, 6) is -1.27. The molecule has 1 amide bonds. The Morgan fingerprint density at radius 3 is 2.54 bits per heavy atom. The van der Waals surface area contributed by atoms with Gasteiger partial charge in [0.05, 0.1) is 22.9 Å². The maximum Gasteiger partial charge on any atom is 0.410 e. The van der Waals surface area contributed by atoms with Crippen molar-refractivity contribution in [1.82, 2.24) is 18.8 Å². The number of nitriles is 1. The van der Waals surface area contributed by atoms with E-state index < -0.39 is 27.4 Å². The van der Waals surface area contributed by atoms with Crippen molar-refractivity contribution in [3.8, 4) is 17.6 Å². The Hall–Kier alpha value is -4.22. The van der Waals surface area contributed by atoms with Gasteiger partial charge < -0.3 is 14.4 Å². The van der Waals surface area contributed by atoms with Gasteiger partial charge >= 0.3 is 16.3 Å². The van der Waals surface area contributed by atoms with E-state index >= 15 is 0 Å². The van der Waals surface area contributed by atoms with E-state index in [1.165, 1.54) is 30.1 Å². The third-order valence-corrected chi connectivity index (χ3v) is 9.69. The molecule has 2 aromatic carbocycles. The van der Waals surface area contributed by atoms with Crippen LogP contribution in [0.1, 0.15) is 65.9 Å².